The summed E-state index contributed by atoms with van der Waals surface area (Å²) in [6.07, 6.45) is -7.22. The van der Waals surface area contributed by atoms with Crippen molar-refractivity contribution in [1.29, 1.82) is 0 Å². The molecule has 0 saturated heterocycles. The van der Waals surface area contributed by atoms with Crippen molar-refractivity contribution in [2.45, 2.75) is 18.5 Å². The summed E-state index contributed by atoms with van der Waals surface area (Å²) in [4.78, 5) is 0. The van der Waals surface area contributed by atoms with Crippen LogP contribution in [0.1, 0.15) is 6.42 Å². The number of halogens is 5. The maximum absolute atomic E-state index is 12.2. The van der Waals surface area contributed by atoms with Gasteiger partial charge >= 0.3 is 22.2 Å². The highest BCUT2D eigenvalue weighted by Gasteiger charge is 2.57. The molecule has 0 aromatic heterocycles. The van der Waals surface area contributed by atoms with Gasteiger partial charge in [-0.15, -0.1) is 0 Å². The summed E-state index contributed by atoms with van der Waals surface area (Å²) in [5.41, 5.74) is 0. The minimum absolute atomic E-state index is 0.432. The lowest BCUT2D eigenvalue weighted by molar-refractivity contribution is -0.282. The Labute approximate surface area is 82.6 Å². The van der Waals surface area contributed by atoms with Crippen LogP contribution in [0, 0.1) is 0 Å². The van der Waals surface area contributed by atoms with Crippen LogP contribution in [0.2, 0.25) is 0 Å². The SMILES string of the molecule is C=COS(=O)(=O)CCC(F)(F)C(F)(F)F. The zero-order chi connectivity index (χ0) is 12.3. The molecule has 0 saturated carbocycles. The van der Waals surface area contributed by atoms with Crippen molar-refractivity contribution < 1.29 is 34.6 Å². The fourth-order valence-corrected chi connectivity index (χ4v) is 1.36. The lowest BCUT2D eigenvalue weighted by Gasteiger charge is -2.18. The zero-order valence-corrected chi connectivity index (χ0v) is 8.04. The molecular formula is C6H7F5O3S. The van der Waals surface area contributed by atoms with Crippen molar-refractivity contribution in [3.05, 3.63) is 12.8 Å². The topological polar surface area (TPSA) is 43.4 Å². The van der Waals surface area contributed by atoms with E-state index in [1.54, 1.807) is 0 Å². The van der Waals surface area contributed by atoms with Crippen molar-refractivity contribution in [3.63, 3.8) is 0 Å². The molecule has 0 bridgehead atoms. The van der Waals surface area contributed by atoms with Gasteiger partial charge in [-0.1, -0.05) is 6.58 Å². The van der Waals surface area contributed by atoms with Crippen molar-refractivity contribution in [3.8, 4) is 0 Å². The molecule has 90 valence electrons. The number of hydrogen-bond donors (Lipinski definition) is 0. The smallest absolute Gasteiger partial charge is 0.391 e. The zero-order valence-electron chi connectivity index (χ0n) is 7.22. The first-order valence-electron chi connectivity index (χ1n) is 3.48. The fraction of sp³-hybridized carbons (Fsp3) is 0.667. The summed E-state index contributed by atoms with van der Waals surface area (Å²) < 4.78 is 84.2. The summed E-state index contributed by atoms with van der Waals surface area (Å²) >= 11 is 0. The van der Waals surface area contributed by atoms with E-state index in [0.29, 0.717) is 6.26 Å². The van der Waals surface area contributed by atoms with Gasteiger partial charge in [0.05, 0.1) is 12.0 Å². The number of rotatable bonds is 5. The molecular weight excluding hydrogens is 247 g/mol. The third-order valence-corrected chi connectivity index (χ3v) is 2.43. The summed E-state index contributed by atoms with van der Waals surface area (Å²) in [5, 5.41) is 0. The second-order valence-electron chi connectivity index (χ2n) is 2.48. The highest BCUT2D eigenvalue weighted by molar-refractivity contribution is 7.86. The van der Waals surface area contributed by atoms with Crippen LogP contribution in [0.15, 0.2) is 12.8 Å². The molecule has 0 atom stereocenters. The van der Waals surface area contributed by atoms with Crippen molar-refractivity contribution in [2.75, 3.05) is 5.75 Å². The molecule has 9 heteroatoms. The molecule has 0 rings (SSSR count). The second kappa shape index (κ2) is 4.33. The average molecular weight is 254 g/mol. The molecule has 15 heavy (non-hydrogen) atoms. The molecule has 0 aliphatic heterocycles. The van der Waals surface area contributed by atoms with Gasteiger partial charge in [0.1, 0.15) is 0 Å². The van der Waals surface area contributed by atoms with E-state index >= 15 is 0 Å². The van der Waals surface area contributed by atoms with Crippen LogP contribution in [0.3, 0.4) is 0 Å². The first-order chi connectivity index (χ1) is 6.52. The van der Waals surface area contributed by atoms with Crippen LogP contribution >= 0.6 is 0 Å². The van der Waals surface area contributed by atoms with Crippen LogP contribution in [0.5, 0.6) is 0 Å². The van der Waals surface area contributed by atoms with Gasteiger partial charge < -0.3 is 4.18 Å². The molecule has 0 spiro atoms. The van der Waals surface area contributed by atoms with Gasteiger partial charge in [-0.25, -0.2) is 0 Å². The molecule has 0 aromatic rings. The van der Waals surface area contributed by atoms with E-state index in [4.69, 9.17) is 0 Å². The molecule has 0 aliphatic carbocycles. The Kier molecular flexibility index (Phi) is 4.08. The Morgan fingerprint density at radius 1 is 1.20 bits per heavy atom. The van der Waals surface area contributed by atoms with E-state index in [-0.39, 0.29) is 0 Å². The maximum Gasteiger partial charge on any atom is 0.453 e. The summed E-state index contributed by atoms with van der Waals surface area (Å²) in [6, 6.07) is 0. The Hall–Kier alpha value is -0.860. The van der Waals surface area contributed by atoms with Crippen molar-refractivity contribution >= 4 is 10.1 Å². The molecule has 3 nitrogen and oxygen atoms in total. The molecule has 0 N–H and O–H groups in total. The Morgan fingerprint density at radius 3 is 2.00 bits per heavy atom. The Morgan fingerprint density at radius 2 is 1.67 bits per heavy atom. The normalized spacial score (nSPS) is 13.7. The van der Waals surface area contributed by atoms with Crippen LogP contribution in [-0.4, -0.2) is 26.3 Å². The van der Waals surface area contributed by atoms with E-state index < -0.39 is 34.4 Å². The Bertz CT molecular complexity index is 318. The predicted molar refractivity (Wildman–Crippen MR) is 40.7 cm³/mol. The van der Waals surface area contributed by atoms with Gasteiger partial charge in [0.15, 0.2) is 0 Å². The Balaban J connectivity index is 4.46. The van der Waals surface area contributed by atoms with Crippen LogP contribution in [0.4, 0.5) is 22.0 Å². The molecule has 0 fully saturated rings. The summed E-state index contributed by atoms with van der Waals surface area (Å²) in [6.45, 7) is 2.83. The van der Waals surface area contributed by atoms with E-state index in [9.17, 15) is 30.4 Å². The monoisotopic (exact) mass is 254 g/mol. The summed E-state index contributed by atoms with van der Waals surface area (Å²) in [5.74, 6) is -6.49. The highest BCUT2D eigenvalue weighted by Crippen LogP contribution is 2.38. The third-order valence-electron chi connectivity index (χ3n) is 1.30. The lowest BCUT2D eigenvalue weighted by atomic mass is 10.2. The third kappa shape index (κ3) is 4.45. The van der Waals surface area contributed by atoms with Crippen molar-refractivity contribution in [2.24, 2.45) is 0 Å². The van der Waals surface area contributed by atoms with Crippen LogP contribution in [-0.2, 0) is 14.3 Å². The van der Waals surface area contributed by atoms with E-state index in [1.165, 1.54) is 0 Å². The van der Waals surface area contributed by atoms with E-state index in [0.717, 1.165) is 0 Å². The molecule has 0 amide bonds. The molecule has 0 radical (unpaired) electrons. The molecule has 0 aliphatic rings. The quantitative estimate of drug-likeness (QED) is 0.428. The van der Waals surface area contributed by atoms with Crippen LogP contribution in [0.25, 0.3) is 0 Å². The van der Waals surface area contributed by atoms with Crippen LogP contribution < -0.4 is 0 Å². The molecule has 0 heterocycles. The minimum atomic E-state index is -5.77. The van der Waals surface area contributed by atoms with Gasteiger partial charge in [-0.3, -0.25) is 0 Å². The first kappa shape index (κ1) is 14.1. The first-order valence-corrected chi connectivity index (χ1v) is 5.06. The highest BCUT2D eigenvalue weighted by atomic mass is 32.2. The average Bonchev–Trinajstić information content (AvgIpc) is 1.99. The lowest BCUT2D eigenvalue weighted by Crippen LogP contribution is -2.38. The van der Waals surface area contributed by atoms with Gasteiger partial charge in [-0.2, -0.15) is 30.4 Å². The van der Waals surface area contributed by atoms with Gasteiger partial charge in [0, 0.05) is 6.42 Å². The largest absolute Gasteiger partial charge is 0.453 e. The van der Waals surface area contributed by atoms with E-state index in [1.807, 2.05) is 0 Å². The van der Waals surface area contributed by atoms with Crippen molar-refractivity contribution in [1.82, 2.24) is 0 Å². The van der Waals surface area contributed by atoms with Gasteiger partial charge in [0.25, 0.3) is 0 Å². The summed E-state index contributed by atoms with van der Waals surface area (Å²) in [7, 11) is -4.42. The van der Waals surface area contributed by atoms with E-state index in [2.05, 4.69) is 10.8 Å². The standard InChI is InChI=1S/C6H7F5O3S/c1-2-14-15(12,13)4-3-5(7,8)6(9,10)11/h2H,1,3-4H2. The minimum Gasteiger partial charge on any atom is -0.391 e. The number of hydrogen-bond acceptors (Lipinski definition) is 3. The predicted octanol–water partition coefficient (Wildman–Crippen LogP) is 2.06. The second-order valence-corrected chi connectivity index (χ2v) is 4.19. The maximum atomic E-state index is 12.2. The molecule has 0 aromatic carbocycles. The number of alkyl halides is 5. The van der Waals surface area contributed by atoms with Gasteiger partial charge in [0.2, 0.25) is 0 Å². The fourth-order valence-electron chi connectivity index (χ4n) is 0.547. The molecule has 0 unspecified atom stereocenters. The van der Waals surface area contributed by atoms with Gasteiger partial charge in [-0.05, 0) is 0 Å².